The molecule has 0 spiro atoms. The summed E-state index contributed by atoms with van der Waals surface area (Å²) in [5.74, 6) is 0. The van der Waals surface area contributed by atoms with Gasteiger partial charge in [-0.1, -0.05) is 0 Å². The standard InChI is InChI=1S/CH5N2O5P.2Na.2H/c2-1(4)3-8-9(5,6)7;;;;/h(H3,2,3,4)(H2,5,6,7);;;;/q;2*+1;2*-1. The molecule has 2 amide bonds. The number of rotatable bonds is 2. The number of phosphoric acid groups is 1. The van der Waals surface area contributed by atoms with Crippen LogP contribution in [0, 0.1) is 0 Å². The Morgan fingerprint density at radius 3 is 2.00 bits per heavy atom. The quantitative estimate of drug-likeness (QED) is 0.202. The molecule has 0 aromatic heterocycles. The Hall–Kier alpha value is 1.38. The van der Waals surface area contributed by atoms with E-state index in [-0.39, 0.29) is 62.0 Å². The zero-order valence-corrected chi connectivity index (χ0v) is 11.0. The molecule has 0 saturated heterocycles. The van der Waals surface area contributed by atoms with Crippen molar-refractivity contribution in [3.8, 4) is 0 Å². The van der Waals surface area contributed by atoms with Crippen LogP contribution >= 0.6 is 7.82 Å². The molecule has 0 atom stereocenters. The predicted molar refractivity (Wildman–Crippen MR) is 28.1 cm³/mol. The molecule has 0 fully saturated rings. The molecule has 0 aliphatic carbocycles. The van der Waals surface area contributed by atoms with Crippen LogP contribution in [-0.2, 0) is 9.19 Å². The number of carbonyl (C=O) groups excluding carboxylic acids is 1. The average Bonchev–Trinajstić information content (AvgIpc) is 1.59. The van der Waals surface area contributed by atoms with E-state index in [1.54, 1.807) is 0 Å². The van der Waals surface area contributed by atoms with Gasteiger partial charge in [0.05, 0.1) is 0 Å². The Morgan fingerprint density at radius 1 is 1.55 bits per heavy atom. The van der Waals surface area contributed by atoms with Crippen molar-refractivity contribution in [3.63, 3.8) is 0 Å². The van der Waals surface area contributed by atoms with Gasteiger partial charge in [0.15, 0.2) is 0 Å². The van der Waals surface area contributed by atoms with Crippen LogP contribution in [0.5, 0.6) is 0 Å². The van der Waals surface area contributed by atoms with Gasteiger partial charge in [0.2, 0.25) is 0 Å². The van der Waals surface area contributed by atoms with Crippen molar-refractivity contribution in [2.24, 2.45) is 5.73 Å². The Labute approximate surface area is 110 Å². The predicted octanol–water partition coefficient (Wildman–Crippen LogP) is -7.09. The Morgan fingerprint density at radius 2 is 1.91 bits per heavy atom. The molecule has 0 aromatic rings. The molecule has 0 aliphatic rings. The first kappa shape index (κ1) is 18.2. The van der Waals surface area contributed by atoms with Gasteiger partial charge in [-0.25, -0.2) is 14.8 Å². The number of amides is 2. The molecule has 0 saturated carbocycles. The summed E-state index contributed by atoms with van der Waals surface area (Å²) < 4.78 is 13.2. The van der Waals surface area contributed by atoms with Crippen molar-refractivity contribution < 1.29 is 85.7 Å². The topological polar surface area (TPSA) is 122 Å². The van der Waals surface area contributed by atoms with Gasteiger partial charge in [0, 0.05) is 0 Å². The fraction of sp³-hybridized carbons (Fsp3) is 0. The van der Waals surface area contributed by atoms with E-state index in [1.807, 2.05) is 0 Å². The number of hydroxylamine groups is 1. The molecule has 0 rings (SSSR count). The third-order valence-corrected chi connectivity index (χ3v) is 0.594. The number of urea groups is 1. The molecule has 10 heteroatoms. The molecule has 5 N–H and O–H groups in total. The smallest absolute Gasteiger partial charge is 1.00 e. The third kappa shape index (κ3) is 18.4. The van der Waals surface area contributed by atoms with E-state index in [4.69, 9.17) is 9.79 Å². The minimum absolute atomic E-state index is 0. The van der Waals surface area contributed by atoms with E-state index in [2.05, 4.69) is 10.4 Å². The average molecular weight is 204 g/mol. The van der Waals surface area contributed by atoms with Crippen LogP contribution in [0.1, 0.15) is 2.85 Å². The molecule has 0 unspecified atom stereocenters. The summed E-state index contributed by atoms with van der Waals surface area (Å²) in [6.45, 7) is 0. The molecule has 0 heterocycles. The van der Waals surface area contributed by atoms with Crippen molar-refractivity contribution in [3.05, 3.63) is 0 Å². The number of hydrogen-bond acceptors (Lipinski definition) is 3. The zero-order chi connectivity index (χ0) is 7.49. The van der Waals surface area contributed by atoms with Gasteiger partial charge in [-0.05, 0) is 0 Å². The summed E-state index contributed by atoms with van der Waals surface area (Å²) in [5.41, 5.74) is 5.64. The van der Waals surface area contributed by atoms with Gasteiger partial charge in [0.25, 0.3) is 0 Å². The van der Waals surface area contributed by atoms with E-state index < -0.39 is 13.9 Å². The second kappa shape index (κ2) is 8.00. The molecule has 0 radical (unpaired) electrons. The Kier molecular flexibility index (Phi) is 13.3. The maximum atomic E-state index is 9.74. The summed E-state index contributed by atoms with van der Waals surface area (Å²) in [7, 11) is -4.63. The van der Waals surface area contributed by atoms with Crippen LogP contribution in [0.3, 0.4) is 0 Å². The first-order chi connectivity index (χ1) is 3.92. The molecular formula is CH7N2Na2O5P. The van der Waals surface area contributed by atoms with Crippen LogP contribution in [0.4, 0.5) is 4.79 Å². The Balaban J connectivity index is -0.0000000533. The first-order valence-corrected chi connectivity index (χ1v) is 3.24. The van der Waals surface area contributed by atoms with Crippen molar-refractivity contribution in [1.82, 2.24) is 5.48 Å². The molecule has 0 aliphatic heterocycles. The van der Waals surface area contributed by atoms with Gasteiger partial charge in [0.1, 0.15) is 0 Å². The number of primary amides is 1. The summed E-state index contributed by atoms with van der Waals surface area (Å²) in [6.07, 6.45) is 0. The maximum absolute atomic E-state index is 9.74. The van der Waals surface area contributed by atoms with Crippen LogP contribution in [-0.4, -0.2) is 15.8 Å². The van der Waals surface area contributed by atoms with Crippen molar-refractivity contribution in [1.29, 1.82) is 0 Å². The maximum Gasteiger partial charge on any atom is 1.00 e. The van der Waals surface area contributed by atoms with Gasteiger partial charge in [-0.3, -0.25) is 0 Å². The second-order valence-electron chi connectivity index (χ2n) is 1.05. The van der Waals surface area contributed by atoms with Gasteiger partial charge < -0.3 is 18.4 Å². The number of carbonyl (C=O) groups is 1. The summed E-state index contributed by atoms with van der Waals surface area (Å²) >= 11 is 0. The van der Waals surface area contributed by atoms with Crippen molar-refractivity contribution in [2.75, 3.05) is 0 Å². The molecule has 7 nitrogen and oxygen atoms in total. The van der Waals surface area contributed by atoms with E-state index >= 15 is 0 Å². The summed E-state index contributed by atoms with van der Waals surface area (Å²) in [5, 5.41) is 0. The van der Waals surface area contributed by atoms with E-state index in [9.17, 15) is 9.36 Å². The summed E-state index contributed by atoms with van der Waals surface area (Å²) in [6, 6.07) is -1.17. The number of nitrogens with two attached hydrogens (primary N) is 1. The second-order valence-corrected chi connectivity index (χ2v) is 2.21. The number of nitrogens with one attached hydrogen (secondary N) is 1. The fourth-order valence-electron chi connectivity index (χ4n) is 0.104. The molecule has 0 aromatic carbocycles. The molecule has 0 bridgehead atoms. The van der Waals surface area contributed by atoms with Crippen molar-refractivity contribution in [2.45, 2.75) is 0 Å². The minimum atomic E-state index is -4.63. The van der Waals surface area contributed by atoms with Crippen LogP contribution in [0.15, 0.2) is 0 Å². The normalized spacial score (nSPS) is 8.91. The van der Waals surface area contributed by atoms with Crippen LogP contribution in [0.25, 0.3) is 0 Å². The van der Waals surface area contributed by atoms with Crippen molar-refractivity contribution >= 4 is 13.9 Å². The zero-order valence-electron chi connectivity index (χ0n) is 8.14. The largest absolute Gasteiger partial charge is 1.00 e. The SMILES string of the molecule is NC(=O)NOP(=O)(O)O.[H-].[H-].[Na+].[Na+]. The van der Waals surface area contributed by atoms with Crippen LogP contribution in [0.2, 0.25) is 0 Å². The molecule has 58 valence electrons. The monoisotopic (exact) mass is 204 g/mol. The minimum Gasteiger partial charge on any atom is -1.00 e. The van der Waals surface area contributed by atoms with Gasteiger partial charge in [-0.2, -0.15) is 4.62 Å². The summed E-state index contributed by atoms with van der Waals surface area (Å²) in [4.78, 5) is 25.5. The third-order valence-electron chi connectivity index (χ3n) is 0.265. The van der Waals surface area contributed by atoms with E-state index in [0.29, 0.717) is 0 Å². The molecule has 11 heavy (non-hydrogen) atoms. The number of hydrogen-bond donors (Lipinski definition) is 4. The van der Waals surface area contributed by atoms with E-state index in [0.717, 1.165) is 0 Å². The fourth-order valence-corrected chi connectivity index (χ4v) is 0.313. The first-order valence-electron chi connectivity index (χ1n) is 1.71. The van der Waals surface area contributed by atoms with Crippen LogP contribution < -0.4 is 70.3 Å². The van der Waals surface area contributed by atoms with Gasteiger partial charge in [-0.15, -0.1) is 0 Å². The van der Waals surface area contributed by atoms with Gasteiger partial charge >= 0.3 is 73.0 Å². The Bertz CT molecular complexity index is 165. The molecular weight excluding hydrogens is 197 g/mol. The van der Waals surface area contributed by atoms with E-state index in [1.165, 1.54) is 5.48 Å².